The van der Waals surface area contributed by atoms with Crippen LogP contribution in [-0.2, 0) is 16.4 Å². The minimum absolute atomic E-state index is 0.264. The largest absolute Gasteiger partial charge is 0.496 e. The molecule has 6 heteroatoms. The average molecular weight is 392 g/mol. The van der Waals surface area contributed by atoms with Crippen molar-refractivity contribution in [3.63, 3.8) is 0 Å². The second-order valence-corrected chi connectivity index (χ2v) is 8.31. The Morgan fingerprint density at radius 3 is 2.46 bits per heavy atom. The van der Waals surface area contributed by atoms with E-state index in [1.54, 1.807) is 37.6 Å². The summed E-state index contributed by atoms with van der Waals surface area (Å²) in [5.41, 5.74) is 3.35. The highest BCUT2D eigenvalue weighted by molar-refractivity contribution is 7.92. The van der Waals surface area contributed by atoms with Crippen LogP contribution >= 0.6 is 0 Å². The third-order valence-corrected chi connectivity index (χ3v) is 6.59. The highest BCUT2D eigenvalue weighted by atomic mass is 32.2. The molecule has 0 radical (unpaired) electrons. The molecule has 1 aliphatic heterocycles. The fourth-order valence-electron chi connectivity index (χ4n) is 3.31. The summed E-state index contributed by atoms with van der Waals surface area (Å²) < 4.78 is 32.9. The van der Waals surface area contributed by atoms with Crippen molar-refractivity contribution in [2.24, 2.45) is 4.99 Å². The highest BCUT2D eigenvalue weighted by Crippen LogP contribution is 2.33. The van der Waals surface area contributed by atoms with E-state index in [-0.39, 0.29) is 4.90 Å². The van der Waals surface area contributed by atoms with Crippen LogP contribution in [0.25, 0.3) is 0 Å². The zero-order valence-electron chi connectivity index (χ0n) is 15.4. The summed E-state index contributed by atoms with van der Waals surface area (Å²) in [6, 6.07) is 21.8. The summed E-state index contributed by atoms with van der Waals surface area (Å²) >= 11 is 0. The van der Waals surface area contributed by atoms with Crippen molar-refractivity contribution in [2.75, 3.05) is 18.0 Å². The number of hydrogen-bond donors (Lipinski definition) is 0. The van der Waals surface area contributed by atoms with Crippen molar-refractivity contribution >= 4 is 27.6 Å². The minimum atomic E-state index is -3.59. The van der Waals surface area contributed by atoms with Gasteiger partial charge in [0.05, 0.1) is 23.4 Å². The molecule has 0 aliphatic carbocycles. The average Bonchev–Trinajstić information content (AvgIpc) is 3.18. The standard InChI is InChI=1S/C22H20N2O3S/c1-27-22-9-5-3-7-18(22)16-23-19-10-12-20(13-11-19)28(25,26)24-15-14-17-6-2-4-8-21(17)24/h2-13,16H,14-15H2,1H3. The molecule has 0 aromatic heterocycles. The molecule has 0 spiro atoms. The Bertz CT molecular complexity index is 1120. The maximum absolute atomic E-state index is 13.0. The zero-order valence-corrected chi connectivity index (χ0v) is 16.3. The van der Waals surface area contributed by atoms with Gasteiger partial charge in [-0.2, -0.15) is 0 Å². The molecule has 0 saturated carbocycles. The lowest BCUT2D eigenvalue weighted by atomic mass is 10.2. The first kappa shape index (κ1) is 18.3. The van der Waals surface area contributed by atoms with Gasteiger partial charge in [-0.3, -0.25) is 9.30 Å². The number of rotatable bonds is 5. The number of ether oxygens (including phenoxy) is 1. The number of aliphatic imine (C=N–C) groups is 1. The summed E-state index contributed by atoms with van der Waals surface area (Å²) in [6.07, 6.45) is 2.44. The summed E-state index contributed by atoms with van der Waals surface area (Å²) in [5.74, 6) is 0.734. The lowest BCUT2D eigenvalue weighted by molar-refractivity contribution is 0.414. The first-order valence-electron chi connectivity index (χ1n) is 8.97. The number of benzene rings is 3. The molecule has 1 heterocycles. The fraction of sp³-hybridized carbons (Fsp3) is 0.136. The number of anilines is 1. The molecule has 4 rings (SSSR count). The van der Waals surface area contributed by atoms with Gasteiger partial charge in [0.1, 0.15) is 5.75 Å². The highest BCUT2D eigenvalue weighted by Gasteiger charge is 2.30. The normalized spacial score (nSPS) is 13.7. The molecule has 0 atom stereocenters. The first-order valence-corrected chi connectivity index (χ1v) is 10.4. The first-order chi connectivity index (χ1) is 13.6. The Morgan fingerprint density at radius 2 is 1.68 bits per heavy atom. The van der Waals surface area contributed by atoms with Crippen LogP contribution in [0.1, 0.15) is 11.1 Å². The van der Waals surface area contributed by atoms with Crippen molar-refractivity contribution in [3.8, 4) is 5.75 Å². The number of sulfonamides is 1. The maximum Gasteiger partial charge on any atom is 0.264 e. The summed E-state index contributed by atoms with van der Waals surface area (Å²) in [4.78, 5) is 4.69. The van der Waals surface area contributed by atoms with Crippen molar-refractivity contribution in [3.05, 3.63) is 83.9 Å². The quantitative estimate of drug-likeness (QED) is 0.612. The molecule has 0 fully saturated rings. The van der Waals surface area contributed by atoms with Gasteiger partial charge in [-0.1, -0.05) is 30.3 Å². The summed E-state index contributed by atoms with van der Waals surface area (Å²) in [7, 11) is -1.97. The van der Waals surface area contributed by atoms with E-state index in [9.17, 15) is 8.42 Å². The smallest absolute Gasteiger partial charge is 0.264 e. The van der Waals surface area contributed by atoms with Gasteiger partial charge in [0.2, 0.25) is 0 Å². The van der Waals surface area contributed by atoms with Gasteiger partial charge in [-0.15, -0.1) is 0 Å². The van der Waals surface area contributed by atoms with Gasteiger partial charge in [-0.25, -0.2) is 8.42 Å². The zero-order chi connectivity index (χ0) is 19.6. The third-order valence-electron chi connectivity index (χ3n) is 4.76. The fourth-order valence-corrected chi connectivity index (χ4v) is 4.81. The predicted octanol–water partition coefficient (Wildman–Crippen LogP) is 4.20. The molecular weight excluding hydrogens is 372 g/mol. The number of fused-ring (bicyclic) bond motifs is 1. The van der Waals surface area contributed by atoms with E-state index >= 15 is 0 Å². The predicted molar refractivity (Wildman–Crippen MR) is 111 cm³/mol. The van der Waals surface area contributed by atoms with Crippen LogP contribution in [0.2, 0.25) is 0 Å². The van der Waals surface area contributed by atoms with Gasteiger partial charge in [0, 0.05) is 18.3 Å². The lowest BCUT2D eigenvalue weighted by Gasteiger charge is -2.19. The molecule has 142 valence electrons. The van der Waals surface area contributed by atoms with E-state index in [2.05, 4.69) is 4.99 Å². The van der Waals surface area contributed by atoms with Crippen LogP contribution in [0.3, 0.4) is 0 Å². The second-order valence-electron chi connectivity index (χ2n) is 6.45. The Hall–Kier alpha value is -3.12. The maximum atomic E-state index is 13.0. The Kier molecular flexibility index (Phi) is 4.88. The SMILES string of the molecule is COc1ccccc1C=Nc1ccc(S(=O)(=O)N2CCc3ccccc32)cc1. The van der Waals surface area contributed by atoms with Crippen molar-refractivity contribution in [2.45, 2.75) is 11.3 Å². The van der Waals surface area contributed by atoms with Crippen molar-refractivity contribution in [1.82, 2.24) is 0 Å². The van der Waals surface area contributed by atoms with Gasteiger partial charge in [0.15, 0.2) is 0 Å². The van der Waals surface area contributed by atoms with Crippen LogP contribution in [-0.4, -0.2) is 28.3 Å². The van der Waals surface area contributed by atoms with Crippen molar-refractivity contribution < 1.29 is 13.2 Å². The van der Waals surface area contributed by atoms with Crippen LogP contribution in [0.4, 0.5) is 11.4 Å². The molecule has 0 N–H and O–H groups in total. The van der Waals surface area contributed by atoms with E-state index in [0.717, 1.165) is 29.0 Å². The Morgan fingerprint density at radius 1 is 0.964 bits per heavy atom. The molecule has 28 heavy (non-hydrogen) atoms. The second kappa shape index (κ2) is 7.48. The van der Waals surface area contributed by atoms with Gasteiger partial charge in [0.25, 0.3) is 10.0 Å². The monoisotopic (exact) mass is 392 g/mol. The molecule has 0 amide bonds. The van der Waals surface area contributed by atoms with E-state index < -0.39 is 10.0 Å². The molecule has 0 saturated heterocycles. The Balaban J connectivity index is 1.57. The Labute approximate surface area is 165 Å². The van der Waals surface area contributed by atoms with Crippen molar-refractivity contribution in [1.29, 1.82) is 0 Å². The van der Waals surface area contributed by atoms with Crippen LogP contribution in [0.5, 0.6) is 5.75 Å². The van der Waals surface area contributed by atoms with E-state index in [1.165, 1.54) is 4.31 Å². The van der Waals surface area contributed by atoms with Crippen LogP contribution < -0.4 is 9.04 Å². The topological polar surface area (TPSA) is 59.0 Å². The van der Waals surface area contributed by atoms with Gasteiger partial charge >= 0.3 is 0 Å². The van der Waals surface area contributed by atoms with Crippen LogP contribution in [0.15, 0.2) is 82.7 Å². The molecule has 0 bridgehead atoms. The molecular formula is C22H20N2O3S. The van der Waals surface area contributed by atoms with Gasteiger partial charge < -0.3 is 4.74 Å². The number of hydrogen-bond acceptors (Lipinski definition) is 4. The van der Waals surface area contributed by atoms with E-state index in [0.29, 0.717) is 12.2 Å². The van der Waals surface area contributed by atoms with Gasteiger partial charge in [-0.05, 0) is 54.4 Å². The molecule has 1 aliphatic rings. The number of nitrogens with zero attached hydrogens (tertiary/aromatic N) is 2. The molecule has 3 aromatic rings. The summed E-state index contributed by atoms with van der Waals surface area (Å²) in [6.45, 7) is 0.468. The van der Waals surface area contributed by atoms with E-state index in [4.69, 9.17) is 4.74 Å². The minimum Gasteiger partial charge on any atom is -0.496 e. The lowest BCUT2D eigenvalue weighted by Crippen LogP contribution is -2.29. The number of para-hydroxylation sites is 2. The summed E-state index contributed by atoms with van der Waals surface area (Å²) in [5, 5.41) is 0. The van der Waals surface area contributed by atoms with Crippen LogP contribution in [0, 0.1) is 0 Å². The molecule has 5 nitrogen and oxygen atoms in total. The number of methoxy groups -OCH3 is 1. The van der Waals surface area contributed by atoms with E-state index in [1.807, 2.05) is 48.5 Å². The third kappa shape index (κ3) is 3.39. The molecule has 0 unspecified atom stereocenters. The molecule has 3 aromatic carbocycles.